The Labute approximate surface area is 155 Å². The largest absolute Gasteiger partial charge is 0.449 e. The average molecular weight is 376 g/mol. The molecule has 1 heterocycles. The fourth-order valence-electron chi connectivity index (χ4n) is 2.71. The van der Waals surface area contributed by atoms with Crippen molar-refractivity contribution in [3.8, 4) is 0 Å². The first-order chi connectivity index (χ1) is 12.0. The summed E-state index contributed by atoms with van der Waals surface area (Å²) >= 11 is 12.0. The van der Waals surface area contributed by atoms with Crippen LogP contribution in [0, 0.1) is 0 Å². The maximum Gasteiger partial charge on any atom is 0.421 e. The molecule has 0 saturated carbocycles. The molecule has 1 aliphatic heterocycles. The molecule has 0 unspecified atom stereocenters. The van der Waals surface area contributed by atoms with Gasteiger partial charge < -0.3 is 4.74 Å². The lowest BCUT2D eigenvalue weighted by Crippen LogP contribution is -2.34. The molecular formula is C19H15Cl2NO3. The van der Waals surface area contributed by atoms with Crippen molar-refractivity contribution in [2.24, 2.45) is 0 Å². The molecule has 0 aromatic heterocycles. The van der Waals surface area contributed by atoms with Crippen molar-refractivity contribution in [1.82, 2.24) is 0 Å². The third kappa shape index (κ3) is 3.55. The Morgan fingerprint density at radius 2 is 1.92 bits per heavy atom. The molecule has 0 atom stereocenters. The van der Waals surface area contributed by atoms with E-state index < -0.39 is 12.0 Å². The Hall–Kier alpha value is -2.30. The third-order valence-corrected chi connectivity index (χ3v) is 4.28. The van der Waals surface area contributed by atoms with Crippen LogP contribution < -0.4 is 4.90 Å². The van der Waals surface area contributed by atoms with Gasteiger partial charge in [-0.05, 0) is 43.2 Å². The van der Waals surface area contributed by atoms with Crippen molar-refractivity contribution >= 4 is 46.5 Å². The maximum atomic E-state index is 12.8. The average Bonchev–Trinajstić information content (AvgIpc) is 2.84. The van der Waals surface area contributed by atoms with Crippen molar-refractivity contribution in [3.63, 3.8) is 0 Å². The predicted octanol–water partition coefficient (Wildman–Crippen LogP) is 5.12. The lowest BCUT2D eigenvalue weighted by atomic mass is 10.0. The van der Waals surface area contributed by atoms with Crippen molar-refractivity contribution in [2.75, 3.05) is 11.5 Å². The Balaban J connectivity index is 1.99. The highest BCUT2D eigenvalue weighted by molar-refractivity contribution is 6.40. The van der Waals surface area contributed by atoms with Gasteiger partial charge in [-0.1, -0.05) is 47.5 Å². The quantitative estimate of drug-likeness (QED) is 0.699. The van der Waals surface area contributed by atoms with Crippen LogP contribution in [-0.2, 0) is 16.0 Å². The molecule has 128 valence electrons. The van der Waals surface area contributed by atoms with Crippen molar-refractivity contribution < 1.29 is 14.3 Å². The molecule has 0 bridgehead atoms. The van der Waals surface area contributed by atoms with Crippen LogP contribution in [0.1, 0.15) is 18.1 Å². The van der Waals surface area contributed by atoms with Gasteiger partial charge in [-0.25, -0.2) is 9.69 Å². The zero-order valence-electron chi connectivity index (χ0n) is 13.5. The molecule has 4 nitrogen and oxygen atoms in total. The summed E-state index contributed by atoms with van der Waals surface area (Å²) in [6.45, 7) is 1.87. The molecule has 2 amide bonds. The number of allylic oxidation sites excluding steroid dienone is 1. The van der Waals surface area contributed by atoms with Crippen LogP contribution in [0.15, 0.2) is 48.5 Å². The van der Waals surface area contributed by atoms with Crippen LogP contribution in [-0.4, -0.2) is 18.6 Å². The monoisotopic (exact) mass is 375 g/mol. The molecule has 0 fully saturated rings. The van der Waals surface area contributed by atoms with E-state index in [0.29, 0.717) is 33.3 Å². The van der Waals surface area contributed by atoms with Gasteiger partial charge in [-0.15, -0.1) is 0 Å². The van der Waals surface area contributed by atoms with Gasteiger partial charge in [0.05, 0.1) is 12.3 Å². The molecule has 2 aromatic carbocycles. The van der Waals surface area contributed by atoms with E-state index in [1.165, 1.54) is 0 Å². The molecule has 0 radical (unpaired) electrons. The summed E-state index contributed by atoms with van der Waals surface area (Å²) in [5, 5.41) is 1.07. The van der Waals surface area contributed by atoms with Gasteiger partial charge in [0, 0.05) is 21.2 Å². The van der Waals surface area contributed by atoms with Crippen LogP contribution in [0.5, 0.6) is 0 Å². The summed E-state index contributed by atoms with van der Waals surface area (Å²) in [6.07, 6.45) is 1.60. The van der Waals surface area contributed by atoms with Gasteiger partial charge in [0.15, 0.2) is 0 Å². The summed E-state index contributed by atoms with van der Waals surface area (Å²) in [4.78, 5) is 26.0. The van der Waals surface area contributed by atoms with Gasteiger partial charge in [0.1, 0.15) is 0 Å². The highest BCUT2D eigenvalue weighted by atomic mass is 35.5. The van der Waals surface area contributed by atoms with Crippen LogP contribution in [0.2, 0.25) is 10.0 Å². The van der Waals surface area contributed by atoms with Crippen LogP contribution in [0.4, 0.5) is 10.5 Å². The lowest BCUT2D eigenvalue weighted by molar-refractivity contribution is -0.112. The molecule has 1 aliphatic rings. The van der Waals surface area contributed by atoms with E-state index in [-0.39, 0.29) is 6.61 Å². The van der Waals surface area contributed by atoms with Gasteiger partial charge in [0.25, 0.3) is 5.91 Å². The second-order valence-electron chi connectivity index (χ2n) is 5.45. The Morgan fingerprint density at radius 3 is 2.64 bits per heavy atom. The SMILES string of the molecule is CCOC(=O)N1C(=O)/C(=C/Cc2cccc(Cl)c2)c2ccc(Cl)cc21. The number of hydrogen-bond acceptors (Lipinski definition) is 3. The van der Waals surface area contributed by atoms with E-state index >= 15 is 0 Å². The zero-order chi connectivity index (χ0) is 18.0. The number of anilines is 1. The van der Waals surface area contributed by atoms with E-state index in [1.54, 1.807) is 37.3 Å². The minimum Gasteiger partial charge on any atom is -0.449 e. The smallest absolute Gasteiger partial charge is 0.421 e. The zero-order valence-corrected chi connectivity index (χ0v) is 15.0. The fourth-order valence-corrected chi connectivity index (χ4v) is 3.09. The molecule has 6 heteroatoms. The summed E-state index contributed by atoms with van der Waals surface area (Å²) in [5.74, 6) is -0.419. The van der Waals surface area contributed by atoms with Crippen molar-refractivity contribution in [1.29, 1.82) is 0 Å². The van der Waals surface area contributed by atoms with Gasteiger partial charge >= 0.3 is 6.09 Å². The number of amides is 2. The van der Waals surface area contributed by atoms with E-state index in [1.807, 2.05) is 18.2 Å². The summed E-state index contributed by atoms with van der Waals surface area (Å²) < 4.78 is 5.00. The van der Waals surface area contributed by atoms with Crippen LogP contribution >= 0.6 is 23.2 Å². The topological polar surface area (TPSA) is 46.6 Å². The number of ether oxygens (including phenoxy) is 1. The first kappa shape index (κ1) is 17.5. The summed E-state index contributed by atoms with van der Waals surface area (Å²) in [6, 6.07) is 12.4. The number of benzene rings is 2. The predicted molar refractivity (Wildman–Crippen MR) is 99.1 cm³/mol. The Kier molecular flexibility index (Phi) is 5.11. The van der Waals surface area contributed by atoms with Crippen molar-refractivity contribution in [3.05, 3.63) is 69.7 Å². The number of imide groups is 1. The molecule has 25 heavy (non-hydrogen) atoms. The first-order valence-electron chi connectivity index (χ1n) is 7.77. The number of halogens is 2. The molecule has 0 saturated heterocycles. The highest BCUT2D eigenvalue weighted by Crippen LogP contribution is 2.39. The minimum atomic E-state index is -0.706. The van der Waals surface area contributed by atoms with Crippen LogP contribution in [0.25, 0.3) is 5.57 Å². The summed E-state index contributed by atoms with van der Waals surface area (Å²) in [7, 11) is 0. The van der Waals surface area contributed by atoms with E-state index in [9.17, 15) is 9.59 Å². The number of carbonyl (C=O) groups is 2. The van der Waals surface area contributed by atoms with Gasteiger partial charge in [0.2, 0.25) is 0 Å². The second kappa shape index (κ2) is 7.30. The first-order valence-corrected chi connectivity index (χ1v) is 8.52. The Bertz CT molecular complexity index is 877. The normalized spacial score (nSPS) is 14.8. The lowest BCUT2D eigenvalue weighted by Gasteiger charge is -2.14. The number of nitrogens with zero attached hydrogens (tertiary/aromatic N) is 1. The van der Waals surface area contributed by atoms with Gasteiger partial charge in [-0.2, -0.15) is 0 Å². The molecule has 3 rings (SSSR count). The number of fused-ring (bicyclic) bond motifs is 1. The van der Waals surface area contributed by atoms with Gasteiger partial charge in [-0.3, -0.25) is 4.79 Å². The molecule has 0 aliphatic carbocycles. The van der Waals surface area contributed by atoms with E-state index in [2.05, 4.69) is 0 Å². The molecule has 2 aromatic rings. The highest BCUT2D eigenvalue weighted by Gasteiger charge is 2.37. The Morgan fingerprint density at radius 1 is 1.16 bits per heavy atom. The number of rotatable bonds is 3. The molecular weight excluding hydrogens is 361 g/mol. The number of hydrogen-bond donors (Lipinski definition) is 0. The summed E-state index contributed by atoms with van der Waals surface area (Å²) in [5.41, 5.74) is 2.51. The molecule has 0 spiro atoms. The van der Waals surface area contributed by atoms with E-state index in [0.717, 1.165) is 10.5 Å². The van der Waals surface area contributed by atoms with Crippen molar-refractivity contribution in [2.45, 2.75) is 13.3 Å². The van der Waals surface area contributed by atoms with E-state index in [4.69, 9.17) is 27.9 Å². The maximum absolute atomic E-state index is 12.8. The molecule has 0 N–H and O–H groups in total. The standard InChI is InChI=1S/C19H15Cl2NO3/c1-2-25-19(24)22-17-11-14(21)7-9-15(17)16(18(22)23)8-6-12-4-3-5-13(20)10-12/h3-5,7-11H,2,6H2,1H3/b16-8+. The minimum absolute atomic E-state index is 0.181. The number of carbonyl (C=O) groups excluding carboxylic acids is 2. The second-order valence-corrected chi connectivity index (χ2v) is 6.33. The fraction of sp³-hybridized carbons (Fsp3) is 0.158. The van der Waals surface area contributed by atoms with Crippen LogP contribution in [0.3, 0.4) is 0 Å². The third-order valence-electron chi connectivity index (χ3n) is 3.81.